The molecule has 0 saturated carbocycles. The molecule has 0 aliphatic heterocycles. The van der Waals surface area contributed by atoms with Gasteiger partial charge in [0.15, 0.2) is 5.43 Å². The van der Waals surface area contributed by atoms with Crippen LogP contribution in [0.4, 0.5) is 0 Å². The minimum Gasteiger partial charge on any atom is -0.361 e. The molecule has 1 aromatic carbocycles. The zero-order valence-corrected chi connectivity index (χ0v) is 13.5. The van der Waals surface area contributed by atoms with Gasteiger partial charge in [0.25, 0.3) is 0 Å². The molecule has 1 N–H and O–H groups in total. The smallest absolute Gasteiger partial charge is 0.192 e. The molecule has 22 heavy (non-hydrogen) atoms. The molecule has 2 aromatic heterocycles. The van der Waals surface area contributed by atoms with Crippen LogP contribution in [-0.4, -0.2) is 14.8 Å². The van der Waals surface area contributed by atoms with Gasteiger partial charge >= 0.3 is 0 Å². The molecule has 0 spiro atoms. The summed E-state index contributed by atoms with van der Waals surface area (Å²) in [6.07, 6.45) is 2.57. The minimum absolute atomic E-state index is 0.136. The van der Waals surface area contributed by atoms with Gasteiger partial charge in [0, 0.05) is 28.4 Å². The van der Waals surface area contributed by atoms with Crippen molar-refractivity contribution in [2.75, 3.05) is 0 Å². The van der Waals surface area contributed by atoms with E-state index in [4.69, 9.17) is 0 Å². The van der Waals surface area contributed by atoms with E-state index in [0.29, 0.717) is 0 Å². The third-order valence-electron chi connectivity index (χ3n) is 4.22. The number of nitrogens with zero attached hydrogens (tertiary/aromatic N) is 2. The van der Waals surface area contributed by atoms with Crippen LogP contribution in [0.5, 0.6) is 0 Å². The molecule has 0 aliphatic carbocycles. The average Bonchev–Trinajstić information content (AvgIpc) is 2.79. The van der Waals surface area contributed by atoms with Crippen LogP contribution in [-0.2, 0) is 13.0 Å². The standard InChI is InChI=1S/C18H21N3O/c1-5-14-9-19-17-8-15(11(2)6-16(17)18(14)22)10-21-13(4)7-12(3)20-21/h6-9H,5,10H2,1-4H3,(H,19,22). The minimum atomic E-state index is 0.136. The number of hydrogen-bond acceptors (Lipinski definition) is 2. The molecule has 4 heteroatoms. The molecule has 0 fully saturated rings. The van der Waals surface area contributed by atoms with Gasteiger partial charge in [0.05, 0.1) is 12.2 Å². The molecule has 0 atom stereocenters. The van der Waals surface area contributed by atoms with E-state index in [2.05, 4.69) is 36.1 Å². The van der Waals surface area contributed by atoms with Crippen molar-refractivity contribution in [3.05, 3.63) is 62.7 Å². The molecule has 3 aromatic rings. The first-order valence-corrected chi connectivity index (χ1v) is 7.64. The number of aryl methyl sites for hydroxylation is 4. The number of hydrogen-bond donors (Lipinski definition) is 1. The Kier molecular flexibility index (Phi) is 3.61. The van der Waals surface area contributed by atoms with Gasteiger partial charge < -0.3 is 4.98 Å². The van der Waals surface area contributed by atoms with E-state index in [-0.39, 0.29) is 5.43 Å². The normalized spacial score (nSPS) is 11.3. The van der Waals surface area contributed by atoms with Crippen molar-refractivity contribution in [3.8, 4) is 0 Å². The molecule has 0 bridgehead atoms. The lowest BCUT2D eigenvalue weighted by Gasteiger charge is -2.10. The van der Waals surface area contributed by atoms with E-state index in [1.807, 2.05) is 30.8 Å². The maximum Gasteiger partial charge on any atom is 0.192 e. The van der Waals surface area contributed by atoms with Crippen LogP contribution in [0, 0.1) is 20.8 Å². The molecule has 0 saturated heterocycles. The molecular weight excluding hydrogens is 274 g/mol. The number of nitrogens with one attached hydrogen (secondary N) is 1. The highest BCUT2D eigenvalue weighted by atomic mass is 16.1. The second-order valence-electron chi connectivity index (χ2n) is 5.91. The second kappa shape index (κ2) is 5.44. The lowest BCUT2D eigenvalue weighted by Crippen LogP contribution is -2.11. The Morgan fingerprint density at radius 1 is 1.14 bits per heavy atom. The zero-order chi connectivity index (χ0) is 15.9. The summed E-state index contributed by atoms with van der Waals surface area (Å²) in [5.41, 5.74) is 6.33. The quantitative estimate of drug-likeness (QED) is 0.806. The molecule has 0 amide bonds. The topological polar surface area (TPSA) is 50.7 Å². The van der Waals surface area contributed by atoms with Crippen molar-refractivity contribution in [1.82, 2.24) is 14.8 Å². The highest BCUT2D eigenvalue weighted by Crippen LogP contribution is 2.18. The van der Waals surface area contributed by atoms with Crippen LogP contribution in [0.25, 0.3) is 10.9 Å². The monoisotopic (exact) mass is 295 g/mol. The fraction of sp³-hybridized carbons (Fsp3) is 0.333. The Morgan fingerprint density at radius 3 is 2.55 bits per heavy atom. The summed E-state index contributed by atoms with van der Waals surface area (Å²) in [4.78, 5) is 15.7. The average molecular weight is 295 g/mol. The molecule has 3 rings (SSSR count). The van der Waals surface area contributed by atoms with Gasteiger partial charge in [-0.15, -0.1) is 0 Å². The van der Waals surface area contributed by atoms with Crippen LogP contribution in [0.15, 0.2) is 29.2 Å². The number of benzene rings is 1. The number of aromatic amines is 1. The fourth-order valence-corrected chi connectivity index (χ4v) is 2.89. The van der Waals surface area contributed by atoms with Crippen LogP contribution in [0.3, 0.4) is 0 Å². The number of rotatable bonds is 3. The lowest BCUT2D eigenvalue weighted by atomic mass is 10.0. The van der Waals surface area contributed by atoms with Gasteiger partial charge in [-0.1, -0.05) is 6.92 Å². The first-order chi connectivity index (χ1) is 10.5. The van der Waals surface area contributed by atoms with Gasteiger partial charge in [-0.2, -0.15) is 5.10 Å². The van der Waals surface area contributed by atoms with Gasteiger partial charge in [0.1, 0.15) is 0 Å². The van der Waals surface area contributed by atoms with Crippen molar-refractivity contribution in [2.45, 2.75) is 40.7 Å². The molecule has 4 nitrogen and oxygen atoms in total. The Balaban J connectivity index is 2.10. The highest BCUT2D eigenvalue weighted by molar-refractivity contribution is 5.80. The number of fused-ring (bicyclic) bond motifs is 1. The maximum absolute atomic E-state index is 12.4. The summed E-state index contributed by atoms with van der Waals surface area (Å²) in [7, 11) is 0. The van der Waals surface area contributed by atoms with Crippen molar-refractivity contribution in [3.63, 3.8) is 0 Å². The lowest BCUT2D eigenvalue weighted by molar-refractivity contribution is 0.657. The summed E-state index contributed by atoms with van der Waals surface area (Å²) in [6, 6.07) is 6.14. The van der Waals surface area contributed by atoms with Gasteiger partial charge in [0.2, 0.25) is 0 Å². The van der Waals surface area contributed by atoms with Crippen LogP contribution in [0.2, 0.25) is 0 Å². The predicted molar refractivity (Wildman–Crippen MR) is 89.5 cm³/mol. The van der Waals surface area contributed by atoms with Gasteiger partial charge in [-0.05, 0) is 56.5 Å². The SMILES string of the molecule is CCc1c[nH]c2cc(Cn3nc(C)cc3C)c(C)cc2c1=O. The molecule has 0 unspecified atom stereocenters. The van der Waals surface area contributed by atoms with Crippen LogP contribution in [0.1, 0.15) is 35.0 Å². The van der Waals surface area contributed by atoms with E-state index in [1.54, 1.807) is 0 Å². The Hall–Kier alpha value is -2.36. The molecule has 114 valence electrons. The van der Waals surface area contributed by atoms with Crippen LogP contribution >= 0.6 is 0 Å². The van der Waals surface area contributed by atoms with Crippen molar-refractivity contribution >= 4 is 10.9 Å². The highest BCUT2D eigenvalue weighted by Gasteiger charge is 2.09. The molecule has 2 heterocycles. The summed E-state index contributed by atoms with van der Waals surface area (Å²) in [5, 5.41) is 5.29. The third-order valence-corrected chi connectivity index (χ3v) is 4.22. The van der Waals surface area contributed by atoms with Crippen molar-refractivity contribution in [1.29, 1.82) is 0 Å². The van der Waals surface area contributed by atoms with Gasteiger partial charge in [-0.25, -0.2) is 0 Å². The second-order valence-corrected chi connectivity index (χ2v) is 5.91. The van der Waals surface area contributed by atoms with Crippen molar-refractivity contribution in [2.24, 2.45) is 0 Å². The summed E-state index contributed by atoms with van der Waals surface area (Å²) < 4.78 is 2.00. The van der Waals surface area contributed by atoms with Crippen LogP contribution < -0.4 is 5.43 Å². The Morgan fingerprint density at radius 2 is 1.91 bits per heavy atom. The molecule has 0 radical (unpaired) electrons. The van der Waals surface area contributed by atoms with Gasteiger partial charge in [-0.3, -0.25) is 9.48 Å². The van der Waals surface area contributed by atoms with E-state index >= 15 is 0 Å². The zero-order valence-electron chi connectivity index (χ0n) is 13.5. The maximum atomic E-state index is 12.4. The van der Waals surface area contributed by atoms with E-state index in [0.717, 1.165) is 46.4 Å². The van der Waals surface area contributed by atoms with E-state index < -0.39 is 0 Å². The fourth-order valence-electron chi connectivity index (χ4n) is 2.89. The molecular formula is C18H21N3O. The first kappa shape index (κ1) is 14.6. The van der Waals surface area contributed by atoms with Crippen molar-refractivity contribution < 1.29 is 0 Å². The first-order valence-electron chi connectivity index (χ1n) is 7.64. The molecule has 0 aliphatic rings. The summed E-state index contributed by atoms with van der Waals surface area (Å²) >= 11 is 0. The number of aromatic nitrogens is 3. The third kappa shape index (κ3) is 2.45. The van der Waals surface area contributed by atoms with E-state index in [1.165, 1.54) is 5.56 Å². The predicted octanol–water partition coefficient (Wildman–Crippen LogP) is 3.26. The van der Waals surface area contributed by atoms with E-state index in [9.17, 15) is 4.79 Å². The summed E-state index contributed by atoms with van der Waals surface area (Å²) in [6.45, 7) is 8.84. The Labute approximate surface area is 129 Å². The summed E-state index contributed by atoms with van der Waals surface area (Å²) in [5.74, 6) is 0. The Bertz CT molecular complexity index is 903. The number of H-pyrrole nitrogens is 1. The number of pyridine rings is 1. The largest absolute Gasteiger partial charge is 0.361 e.